The van der Waals surface area contributed by atoms with Gasteiger partial charge in [0, 0.05) is 23.9 Å². The third-order valence-electron chi connectivity index (χ3n) is 7.01. The van der Waals surface area contributed by atoms with Crippen molar-refractivity contribution in [2.24, 2.45) is 0 Å². The average molecular weight is 460 g/mol. The Hall–Kier alpha value is -3.18. The van der Waals surface area contributed by atoms with E-state index in [4.69, 9.17) is 18.9 Å². The Balaban J connectivity index is 1.42. The lowest BCUT2D eigenvalue weighted by atomic mass is 9.76. The van der Waals surface area contributed by atoms with Gasteiger partial charge in [-0.1, -0.05) is 24.3 Å². The molecule has 5 heteroatoms. The van der Waals surface area contributed by atoms with Gasteiger partial charge in [-0.05, 0) is 79.5 Å². The molecule has 1 fully saturated rings. The fourth-order valence-corrected chi connectivity index (χ4v) is 5.16. The first-order valence-electron chi connectivity index (χ1n) is 12.1. The molecule has 2 aliphatic heterocycles. The molecule has 0 unspecified atom stereocenters. The second-order valence-electron chi connectivity index (χ2n) is 9.04. The molecular formula is C29H33NO4. The lowest BCUT2D eigenvalue weighted by molar-refractivity contribution is 0.237. The average Bonchev–Trinajstić information content (AvgIpc) is 3.42. The highest BCUT2D eigenvalue weighted by Crippen LogP contribution is 2.47. The minimum absolute atomic E-state index is 0.129. The molecule has 178 valence electrons. The van der Waals surface area contributed by atoms with Crippen molar-refractivity contribution >= 4 is 0 Å². The van der Waals surface area contributed by atoms with E-state index in [-0.39, 0.29) is 11.8 Å². The second-order valence-corrected chi connectivity index (χ2v) is 9.04. The summed E-state index contributed by atoms with van der Waals surface area (Å²) in [5.74, 6) is 3.80. The molecule has 5 nitrogen and oxygen atoms in total. The maximum atomic E-state index is 6.22. The molecular weight excluding hydrogens is 426 g/mol. The molecule has 0 spiro atoms. The Morgan fingerprint density at radius 3 is 2.32 bits per heavy atom. The molecule has 2 aliphatic rings. The molecule has 0 radical (unpaired) electrons. The number of hydrogen-bond acceptors (Lipinski definition) is 5. The van der Waals surface area contributed by atoms with Gasteiger partial charge in [0.2, 0.25) is 0 Å². The number of ether oxygens (including phenoxy) is 4. The van der Waals surface area contributed by atoms with Crippen LogP contribution in [0.15, 0.2) is 66.7 Å². The van der Waals surface area contributed by atoms with Crippen LogP contribution in [0.4, 0.5) is 0 Å². The Morgan fingerprint density at radius 2 is 1.56 bits per heavy atom. The number of methoxy groups -OCH3 is 2. The molecule has 1 saturated heterocycles. The highest BCUT2D eigenvalue weighted by Gasteiger charge is 2.34. The molecule has 2 heterocycles. The number of rotatable bonds is 8. The van der Waals surface area contributed by atoms with Gasteiger partial charge in [0.1, 0.15) is 29.6 Å². The van der Waals surface area contributed by atoms with Crippen molar-refractivity contribution < 1.29 is 18.9 Å². The fourth-order valence-electron chi connectivity index (χ4n) is 5.16. The van der Waals surface area contributed by atoms with Crippen LogP contribution in [0.3, 0.4) is 0 Å². The summed E-state index contributed by atoms with van der Waals surface area (Å²) in [7, 11) is 3.41. The van der Waals surface area contributed by atoms with E-state index in [0.717, 1.165) is 41.7 Å². The number of nitrogens with zero attached hydrogens (tertiary/aromatic N) is 1. The zero-order valence-corrected chi connectivity index (χ0v) is 20.0. The van der Waals surface area contributed by atoms with E-state index in [1.54, 1.807) is 14.2 Å². The SMILES string of the molecule is COc1cccc([C@@H]2COc3ccc(OC)cc3[C@@H]2c2ccc(OCCN3CCCC3)cc2)c1. The van der Waals surface area contributed by atoms with Crippen LogP contribution in [0, 0.1) is 0 Å². The maximum absolute atomic E-state index is 6.22. The lowest BCUT2D eigenvalue weighted by Crippen LogP contribution is -2.25. The van der Waals surface area contributed by atoms with Crippen LogP contribution in [0.5, 0.6) is 23.0 Å². The van der Waals surface area contributed by atoms with Gasteiger partial charge in [0.05, 0.1) is 20.8 Å². The van der Waals surface area contributed by atoms with Crippen molar-refractivity contribution in [3.05, 3.63) is 83.4 Å². The normalized spacial score (nSPS) is 19.8. The Morgan fingerprint density at radius 1 is 0.824 bits per heavy atom. The first-order chi connectivity index (χ1) is 16.7. The van der Waals surface area contributed by atoms with Gasteiger partial charge in [0.25, 0.3) is 0 Å². The van der Waals surface area contributed by atoms with Crippen molar-refractivity contribution in [1.82, 2.24) is 4.90 Å². The van der Waals surface area contributed by atoms with E-state index in [1.165, 1.54) is 37.1 Å². The zero-order chi connectivity index (χ0) is 23.3. The van der Waals surface area contributed by atoms with Crippen LogP contribution in [0.25, 0.3) is 0 Å². The molecule has 2 atom stereocenters. The summed E-state index contributed by atoms with van der Waals surface area (Å²) < 4.78 is 23.3. The molecule has 0 bridgehead atoms. The van der Waals surface area contributed by atoms with Crippen molar-refractivity contribution in [3.63, 3.8) is 0 Å². The largest absolute Gasteiger partial charge is 0.497 e. The minimum atomic E-state index is 0.129. The predicted octanol–water partition coefficient (Wildman–Crippen LogP) is 5.49. The molecule has 0 amide bonds. The number of benzene rings is 3. The first kappa shape index (κ1) is 22.6. The van der Waals surface area contributed by atoms with Crippen molar-refractivity contribution in [2.45, 2.75) is 24.7 Å². The van der Waals surface area contributed by atoms with E-state index in [9.17, 15) is 0 Å². The molecule has 0 N–H and O–H groups in total. The predicted molar refractivity (Wildman–Crippen MR) is 134 cm³/mol. The summed E-state index contributed by atoms with van der Waals surface area (Å²) in [6, 6.07) is 22.9. The Kier molecular flexibility index (Phi) is 6.91. The maximum Gasteiger partial charge on any atom is 0.123 e. The lowest BCUT2D eigenvalue weighted by Gasteiger charge is -2.35. The molecule has 3 aromatic carbocycles. The summed E-state index contributed by atoms with van der Waals surface area (Å²) in [6.45, 7) is 4.71. The first-order valence-corrected chi connectivity index (χ1v) is 12.1. The van der Waals surface area contributed by atoms with Gasteiger partial charge in [-0.25, -0.2) is 0 Å². The van der Waals surface area contributed by atoms with Crippen LogP contribution >= 0.6 is 0 Å². The Bertz CT molecular complexity index is 1090. The van der Waals surface area contributed by atoms with Gasteiger partial charge >= 0.3 is 0 Å². The van der Waals surface area contributed by atoms with Crippen LogP contribution in [-0.4, -0.2) is 52.0 Å². The van der Waals surface area contributed by atoms with Crippen LogP contribution in [-0.2, 0) is 0 Å². The highest BCUT2D eigenvalue weighted by atomic mass is 16.5. The smallest absolute Gasteiger partial charge is 0.123 e. The van der Waals surface area contributed by atoms with Crippen molar-refractivity contribution in [1.29, 1.82) is 0 Å². The van der Waals surface area contributed by atoms with Crippen LogP contribution in [0.1, 0.15) is 41.4 Å². The summed E-state index contributed by atoms with van der Waals surface area (Å²) >= 11 is 0. The zero-order valence-electron chi connectivity index (χ0n) is 20.0. The minimum Gasteiger partial charge on any atom is -0.497 e. The van der Waals surface area contributed by atoms with Gasteiger partial charge < -0.3 is 18.9 Å². The number of hydrogen-bond donors (Lipinski definition) is 0. The summed E-state index contributed by atoms with van der Waals surface area (Å²) in [5, 5.41) is 0. The summed E-state index contributed by atoms with van der Waals surface area (Å²) in [4.78, 5) is 2.47. The van der Waals surface area contributed by atoms with Crippen molar-refractivity contribution in [2.75, 3.05) is 47.1 Å². The molecule has 3 aromatic rings. The third-order valence-corrected chi connectivity index (χ3v) is 7.01. The van der Waals surface area contributed by atoms with E-state index in [2.05, 4.69) is 47.4 Å². The molecule has 34 heavy (non-hydrogen) atoms. The van der Waals surface area contributed by atoms with E-state index >= 15 is 0 Å². The quantitative estimate of drug-likeness (QED) is 0.446. The second kappa shape index (κ2) is 10.4. The summed E-state index contributed by atoms with van der Waals surface area (Å²) in [6.07, 6.45) is 2.61. The van der Waals surface area contributed by atoms with E-state index in [0.29, 0.717) is 6.61 Å². The van der Waals surface area contributed by atoms with Gasteiger partial charge in [-0.3, -0.25) is 4.90 Å². The van der Waals surface area contributed by atoms with Crippen molar-refractivity contribution in [3.8, 4) is 23.0 Å². The molecule has 0 saturated carbocycles. The fraction of sp³-hybridized carbons (Fsp3) is 0.379. The van der Waals surface area contributed by atoms with Gasteiger partial charge in [-0.2, -0.15) is 0 Å². The monoisotopic (exact) mass is 459 g/mol. The topological polar surface area (TPSA) is 40.2 Å². The number of likely N-dealkylation sites (tertiary alicyclic amines) is 1. The van der Waals surface area contributed by atoms with E-state index in [1.807, 2.05) is 24.3 Å². The van der Waals surface area contributed by atoms with E-state index < -0.39 is 0 Å². The van der Waals surface area contributed by atoms with Gasteiger partial charge in [-0.15, -0.1) is 0 Å². The number of fused-ring (bicyclic) bond motifs is 1. The summed E-state index contributed by atoms with van der Waals surface area (Å²) in [5.41, 5.74) is 3.57. The van der Waals surface area contributed by atoms with Crippen LogP contribution in [0.2, 0.25) is 0 Å². The van der Waals surface area contributed by atoms with Crippen LogP contribution < -0.4 is 18.9 Å². The molecule has 0 aliphatic carbocycles. The Labute approximate surface area is 202 Å². The van der Waals surface area contributed by atoms with Gasteiger partial charge in [0.15, 0.2) is 0 Å². The third kappa shape index (κ3) is 4.85. The molecule has 0 aromatic heterocycles. The standard InChI is InChI=1S/C29H33NO4/c1-31-24-7-5-6-22(18-24)27-20-34-28-13-12-25(32-2)19-26(28)29(27)21-8-10-23(11-9-21)33-17-16-30-14-3-4-15-30/h5-13,18-19,27,29H,3-4,14-17,20H2,1-2H3/t27-,29-/m0/s1. The highest BCUT2D eigenvalue weighted by molar-refractivity contribution is 5.51. The molecule has 5 rings (SSSR count).